The van der Waals surface area contributed by atoms with Crippen molar-refractivity contribution >= 4 is 16.0 Å². The molecule has 0 aliphatic heterocycles. The molecule has 0 saturated carbocycles. The Bertz CT molecular complexity index is 449. The van der Waals surface area contributed by atoms with E-state index in [-0.39, 0.29) is 11.4 Å². The summed E-state index contributed by atoms with van der Waals surface area (Å²) in [6.07, 6.45) is 3.05. The van der Waals surface area contributed by atoms with Crippen molar-refractivity contribution in [2.75, 3.05) is 13.7 Å². The predicted molar refractivity (Wildman–Crippen MR) is 52.6 cm³/mol. The molecular weight excluding hydrogens is 220 g/mol. The van der Waals surface area contributed by atoms with Crippen molar-refractivity contribution in [2.45, 2.75) is 4.90 Å². The summed E-state index contributed by atoms with van der Waals surface area (Å²) in [6, 6.07) is 1.44. The number of aryl methyl sites for hydroxylation is 1. The summed E-state index contributed by atoms with van der Waals surface area (Å²) in [5.74, 6) is -0.630. The first-order valence-electron chi connectivity index (χ1n) is 4.14. The number of nitrogens with zero attached hydrogens (tertiary/aromatic N) is 1. The van der Waals surface area contributed by atoms with Crippen molar-refractivity contribution in [3.63, 3.8) is 0 Å². The Hall–Kier alpha value is -1.34. The van der Waals surface area contributed by atoms with Crippen LogP contribution < -0.4 is 4.72 Å². The summed E-state index contributed by atoms with van der Waals surface area (Å²) in [7, 11) is -0.715. The van der Waals surface area contributed by atoms with Crippen molar-refractivity contribution < 1.29 is 17.9 Å². The van der Waals surface area contributed by atoms with Crippen LogP contribution in [-0.2, 0) is 26.6 Å². The van der Waals surface area contributed by atoms with Crippen LogP contribution in [0.4, 0.5) is 0 Å². The Balaban J connectivity index is 2.72. The van der Waals surface area contributed by atoms with E-state index in [2.05, 4.69) is 9.46 Å². The van der Waals surface area contributed by atoms with E-state index in [1.165, 1.54) is 19.4 Å². The first kappa shape index (κ1) is 11.7. The summed E-state index contributed by atoms with van der Waals surface area (Å²) >= 11 is 0. The third kappa shape index (κ3) is 3.07. The summed E-state index contributed by atoms with van der Waals surface area (Å²) < 4.78 is 31.1. The van der Waals surface area contributed by atoms with Gasteiger partial charge in [-0.25, -0.2) is 8.42 Å². The zero-order valence-electron chi connectivity index (χ0n) is 8.43. The third-order valence-electron chi connectivity index (χ3n) is 1.75. The second-order valence-corrected chi connectivity index (χ2v) is 4.68. The highest BCUT2D eigenvalue weighted by molar-refractivity contribution is 7.89. The number of carbonyl (C=O) groups excluding carboxylic acids is 1. The van der Waals surface area contributed by atoms with Gasteiger partial charge in [0.15, 0.2) is 0 Å². The lowest BCUT2D eigenvalue weighted by atomic mass is 10.7. The van der Waals surface area contributed by atoms with Gasteiger partial charge >= 0.3 is 5.97 Å². The predicted octanol–water partition coefficient (Wildman–Crippen LogP) is -0.524. The van der Waals surface area contributed by atoms with Gasteiger partial charge in [0, 0.05) is 19.4 Å². The number of rotatable bonds is 4. The van der Waals surface area contributed by atoms with Gasteiger partial charge in [0.05, 0.1) is 12.0 Å². The van der Waals surface area contributed by atoms with Crippen LogP contribution in [0.3, 0.4) is 0 Å². The number of sulfonamides is 1. The molecule has 1 aromatic heterocycles. The summed E-state index contributed by atoms with van der Waals surface area (Å²) in [6.45, 7) is -0.367. The highest BCUT2D eigenvalue weighted by atomic mass is 32.2. The van der Waals surface area contributed by atoms with Gasteiger partial charge in [0.2, 0.25) is 10.0 Å². The molecule has 0 aliphatic rings. The Kier molecular flexibility index (Phi) is 3.48. The molecule has 0 spiro atoms. The third-order valence-corrected chi connectivity index (χ3v) is 3.14. The van der Waals surface area contributed by atoms with Crippen molar-refractivity contribution in [1.82, 2.24) is 9.29 Å². The van der Waals surface area contributed by atoms with Gasteiger partial charge in [-0.05, 0) is 6.07 Å². The number of nitrogens with one attached hydrogen (secondary N) is 1. The van der Waals surface area contributed by atoms with Crippen LogP contribution >= 0.6 is 0 Å². The average Bonchev–Trinajstić information content (AvgIpc) is 2.62. The minimum Gasteiger partial charge on any atom is -0.468 e. The van der Waals surface area contributed by atoms with Crippen LogP contribution in [0.2, 0.25) is 0 Å². The molecule has 1 aromatic rings. The molecule has 6 nitrogen and oxygen atoms in total. The summed E-state index contributed by atoms with van der Waals surface area (Å²) in [5, 5.41) is 0. The first-order chi connectivity index (χ1) is 6.95. The van der Waals surface area contributed by atoms with E-state index in [0.717, 1.165) is 0 Å². The Morgan fingerprint density at radius 3 is 2.73 bits per heavy atom. The van der Waals surface area contributed by atoms with E-state index in [9.17, 15) is 13.2 Å². The maximum absolute atomic E-state index is 11.5. The largest absolute Gasteiger partial charge is 0.468 e. The maximum Gasteiger partial charge on any atom is 0.320 e. The van der Waals surface area contributed by atoms with Crippen LogP contribution in [0, 0.1) is 0 Å². The molecule has 7 heteroatoms. The second kappa shape index (κ2) is 4.45. The fraction of sp³-hybridized carbons (Fsp3) is 0.375. The normalized spacial score (nSPS) is 11.3. The smallest absolute Gasteiger partial charge is 0.320 e. The molecule has 0 atom stereocenters. The molecule has 1 rings (SSSR count). The van der Waals surface area contributed by atoms with Gasteiger partial charge in [0.1, 0.15) is 6.54 Å². The quantitative estimate of drug-likeness (QED) is 0.708. The minimum absolute atomic E-state index is 0.119. The number of carbonyl (C=O) groups is 1. The number of esters is 1. The fourth-order valence-electron chi connectivity index (χ4n) is 0.946. The Labute approximate surface area is 87.9 Å². The lowest BCUT2D eigenvalue weighted by molar-refractivity contribution is -0.139. The highest BCUT2D eigenvalue weighted by Crippen LogP contribution is 2.07. The van der Waals surface area contributed by atoms with E-state index in [1.807, 2.05) is 0 Å². The van der Waals surface area contributed by atoms with E-state index in [0.29, 0.717) is 0 Å². The topological polar surface area (TPSA) is 77.4 Å². The second-order valence-electron chi connectivity index (χ2n) is 2.91. The summed E-state index contributed by atoms with van der Waals surface area (Å²) in [4.78, 5) is 10.9. The van der Waals surface area contributed by atoms with Crippen LogP contribution in [-0.4, -0.2) is 32.6 Å². The number of aromatic nitrogens is 1. The molecular formula is C8H12N2O4S. The van der Waals surface area contributed by atoms with E-state index < -0.39 is 16.0 Å². The van der Waals surface area contributed by atoms with E-state index >= 15 is 0 Å². The van der Waals surface area contributed by atoms with Gasteiger partial charge in [-0.15, -0.1) is 0 Å². The zero-order chi connectivity index (χ0) is 11.5. The van der Waals surface area contributed by atoms with Gasteiger partial charge in [-0.1, -0.05) is 0 Å². The average molecular weight is 232 g/mol. The lowest BCUT2D eigenvalue weighted by Crippen LogP contribution is -2.30. The van der Waals surface area contributed by atoms with Crippen LogP contribution in [0.1, 0.15) is 0 Å². The minimum atomic E-state index is -3.62. The molecule has 0 aromatic carbocycles. The van der Waals surface area contributed by atoms with Gasteiger partial charge in [-0.2, -0.15) is 4.72 Å². The molecule has 0 amide bonds. The standard InChI is InChI=1S/C8H12N2O4S/c1-10-4-3-7(6-10)15(12,13)9-5-8(11)14-2/h3-4,6,9H,5H2,1-2H3. The Morgan fingerprint density at radius 2 is 2.27 bits per heavy atom. The SMILES string of the molecule is COC(=O)CNS(=O)(=O)c1ccn(C)c1. The van der Waals surface area contributed by atoms with E-state index in [1.54, 1.807) is 17.8 Å². The van der Waals surface area contributed by atoms with Crippen LogP contribution in [0.15, 0.2) is 23.4 Å². The maximum atomic E-state index is 11.5. The van der Waals surface area contributed by atoms with Gasteiger partial charge in [-0.3, -0.25) is 4.79 Å². The fourth-order valence-corrected chi connectivity index (χ4v) is 1.97. The van der Waals surface area contributed by atoms with Crippen LogP contribution in [0.25, 0.3) is 0 Å². The monoisotopic (exact) mass is 232 g/mol. The number of hydrogen-bond acceptors (Lipinski definition) is 4. The number of ether oxygens (including phenoxy) is 1. The number of methoxy groups -OCH3 is 1. The van der Waals surface area contributed by atoms with Crippen molar-refractivity contribution in [2.24, 2.45) is 7.05 Å². The van der Waals surface area contributed by atoms with E-state index in [4.69, 9.17) is 0 Å². The highest BCUT2D eigenvalue weighted by Gasteiger charge is 2.16. The molecule has 0 fully saturated rings. The molecule has 84 valence electrons. The molecule has 0 saturated heterocycles. The molecule has 15 heavy (non-hydrogen) atoms. The Morgan fingerprint density at radius 1 is 1.60 bits per heavy atom. The summed E-state index contributed by atoms with van der Waals surface area (Å²) in [5.41, 5.74) is 0. The van der Waals surface area contributed by atoms with Crippen molar-refractivity contribution in [1.29, 1.82) is 0 Å². The van der Waals surface area contributed by atoms with Gasteiger partial charge in [0.25, 0.3) is 0 Å². The zero-order valence-corrected chi connectivity index (χ0v) is 9.24. The number of hydrogen-bond donors (Lipinski definition) is 1. The van der Waals surface area contributed by atoms with Crippen LogP contribution in [0.5, 0.6) is 0 Å². The molecule has 1 N–H and O–H groups in total. The molecule has 1 heterocycles. The molecule has 0 aliphatic carbocycles. The molecule has 0 bridgehead atoms. The van der Waals surface area contributed by atoms with Crippen molar-refractivity contribution in [3.8, 4) is 0 Å². The van der Waals surface area contributed by atoms with Gasteiger partial charge < -0.3 is 9.30 Å². The lowest BCUT2D eigenvalue weighted by Gasteiger charge is -2.02. The molecule has 0 radical (unpaired) electrons. The molecule has 0 unspecified atom stereocenters. The first-order valence-corrected chi connectivity index (χ1v) is 5.62. The van der Waals surface area contributed by atoms with Crippen molar-refractivity contribution in [3.05, 3.63) is 18.5 Å².